The molecular weight excluding hydrogens is 294 g/mol. The van der Waals surface area contributed by atoms with Gasteiger partial charge in [0.15, 0.2) is 5.78 Å². The predicted octanol–water partition coefficient (Wildman–Crippen LogP) is 4.06. The summed E-state index contributed by atoms with van der Waals surface area (Å²) in [4.78, 5) is 14.2. The van der Waals surface area contributed by atoms with Crippen LogP contribution in [0.1, 0.15) is 17.5 Å². The lowest BCUT2D eigenvalue weighted by Crippen LogP contribution is -2.15. The summed E-state index contributed by atoms with van der Waals surface area (Å²) in [5, 5.41) is 0. The van der Waals surface area contributed by atoms with Crippen molar-refractivity contribution in [2.24, 2.45) is 0 Å². The number of carbonyl (C=O) groups is 1. The minimum Gasteiger partial charge on any atom is -0.309 e. The summed E-state index contributed by atoms with van der Waals surface area (Å²) in [6.07, 6.45) is 2.31. The van der Waals surface area contributed by atoms with Crippen LogP contribution in [0.5, 0.6) is 0 Å². The third kappa shape index (κ3) is 5.47. The van der Waals surface area contributed by atoms with Crippen LogP contribution in [0, 0.1) is 0 Å². The Morgan fingerprint density at radius 3 is 1.77 bits per heavy atom. The number of rotatable bonds is 6. The molecule has 0 spiro atoms. The van der Waals surface area contributed by atoms with Crippen molar-refractivity contribution in [1.82, 2.24) is 4.90 Å². The fraction of sp³-hybridized carbons (Fsp3) is 0.211. The number of ketones is 1. The zero-order valence-corrected chi connectivity index (χ0v) is 13.8. The third-order valence-electron chi connectivity index (χ3n) is 3.28. The van der Waals surface area contributed by atoms with Gasteiger partial charge in [0.2, 0.25) is 0 Å². The molecule has 0 aliphatic heterocycles. The standard InChI is InChI=1S/C19H21NO.ClH/c1-20(2)14-13-18(21)15-19(16-9-5-3-6-10-16)17-11-7-4-8-12-17;/h3-12,15H,13-14H2,1-2H3;1H. The van der Waals surface area contributed by atoms with Gasteiger partial charge in [0, 0.05) is 13.0 Å². The average Bonchev–Trinajstić information content (AvgIpc) is 2.52. The molecule has 2 nitrogen and oxygen atoms in total. The van der Waals surface area contributed by atoms with Crippen molar-refractivity contribution < 1.29 is 4.79 Å². The van der Waals surface area contributed by atoms with Crippen LogP contribution in [0.3, 0.4) is 0 Å². The average molecular weight is 316 g/mol. The van der Waals surface area contributed by atoms with Crippen molar-refractivity contribution >= 4 is 23.8 Å². The van der Waals surface area contributed by atoms with Gasteiger partial charge in [-0.05, 0) is 36.9 Å². The minimum atomic E-state index is 0. The van der Waals surface area contributed by atoms with E-state index in [1.807, 2.05) is 79.7 Å². The summed E-state index contributed by atoms with van der Waals surface area (Å²) >= 11 is 0. The molecule has 0 radical (unpaired) electrons. The molecule has 0 bridgehead atoms. The van der Waals surface area contributed by atoms with E-state index in [-0.39, 0.29) is 18.2 Å². The fourth-order valence-corrected chi connectivity index (χ4v) is 2.14. The monoisotopic (exact) mass is 315 g/mol. The van der Waals surface area contributed by atoms with Gasteiger partial charge in [0.05, 0.1) is 0 Å². The zero-order valence-electron chi connectivity index (χ0n) is 13.0. The Morgan fingerprint density at radius 1 is 0.909 bits per heavy atom. The number of benzene rings is 2. The van der Waals surface area contributed by atoms with E-state index in [0.29, 0.717) is 6.42 Å². The summed E-state index contributed by atoms with van der Waals surface area (Å²) in [5.41, 5.74) is 3.13. The summed E-state index contributed by atoms with van der Waals surface area (Å²) in [5.74, 6) is 0.159. The van der Waals surface area contributed by atoms with E-state index in [2.05, 4.69) is 0 Å². The quantitative estimate of drug-likeness (QED) is 0.749. The topological polar surface area (TPSA) is 20.3 Å². The number of nitrogens with zero attached hydrogens (tertiary/aromatic N) is 1. The van der Waals surface area contributed by atoms with Crippen molar-refractivity contribution in [3.8, 4) is 0 Å². The number of carbonyl (C=O) groups excluding carboxylic acids is 1. The van der Waals surface area contributed by atoms with E-state index < -0.39 is 0 Å². The van der Waals surface area contributed by atoms with Gasteiger partial charge in [-0.1, -0.05) is 60.7 Å². The highest BCUT2D eigenvalue weighted by atomic mass is 35.5. The molecule has 2 rings (SSSR count). The lowest BCUT2D eigenvalue weighted by molar-refractivity contribution is -0.114. The maximum atomic E-state index is 12.2. The molecule has 0 amide bonds. The number of hydrogen-bond donors (Lipinski definition) is 0. The lowest BCUT2D eigenvalue weighted by Gasteiger charge is -2.10. The molecule has 0 fully saturated rings. The van der Waals surface area contributed by atoms with Gasteiger partial charge in [0.25, 0.3) is 0 Å². The molecule has 2 aromatic carbocycles. The Balaban J connectivity index is 0.00000242. The zero-order chi connectivity index (χ0) is 15.1. The predicted molar refractivity (Wildman–Crippen MR) is 95.4 cm³/mol. The maximum Gasteiger partial charge on any atom is 0.157 e. The highest BCUT2D eigenvalue weighted by Crippen LogP contribution is 2.23. The molecule has 22 heavy (non-hydrogen) atoms. The second-order valence-corrected chi connectivity index (χ2v) is 5.31. The summed E-state index contributed by atoms with van der Waals surface area (Å²) in [6.45, 7) is 0.770. The molecule has 2 aromatic rings. The molecular formula is C19H22ClNO. The van der Waals surface area contributed by atoms with Crippen LogP contribution in [-0.2, 0) is 4.79 Å². The Morgan fingerprint density at radius 2 is 1.36 bits per heavy atom. The molecule has 0 unspecified atom stereocenters. The van der Waals surface area contributed by atoms with Crippen molar-refractivity contribution in [1.29, 1.82) is 0 Å². The van der Waals surface area contributed by atoms with Gasteiger partial charge < -0.3 is 4.90 Å². The highest BCUT2D eigenvalue weighted by Gasteiger charge is 2.07. The Bertz CT molecular complexity index is 564. The van der Waals surface area contributed by atoms with E-state index in [1.54, 1.807) is 6.08 Å². The molecule has 0 atom stereocenters. The number of halogens is 1. The van der Waals surface area contributed by atoms with Crippen molar-refractivity contribution in [2.75, 3.05) is 20.6 Å². The SMILES string of the molecule is CN(C)CCC(=O)C=C(c1ccccc1)c1ccccc1.Cl. The minimum absolute atomic E-state index is 0. The van der Waals surface area contributed by atoms with Gasteiger partial charge in [-0.25, -0.2) is 0 Å². The van der Waals surface area contributed by atoms with E-state index in [9.17, 15) is 4.79 Å². The van der Waals surface area contributed by atoms with E-state index >= 15 is 0 Å². The summed E-state index contributed by atoms with van der Waals surface area (Å²) in [7, 11) is 3.96. The maximum absolute atomic E-state index is 12.2. The van der Waals surface area contributed by atoms with Crippen LogP contribution in [0.4, 0.5) is 0 Å². The molecule has 0 aliphatic rings. The third-order valence-corrected chi connectivity index (χ3v) is 3.28. The summed E-state index contributed by atoms with van der Waals surface area (Å²) < 4.78 is 0. The number of hydrogen-bond acceptors (Lipinski definition) is 2. The molecule has 0 saturated heterocycles. The Hall–Kier alpha value is -1.90. The van der Waals surface area contributed by atoms with Crippen LogP contribution >= 0.6 is 12.4 Å². The largest absolute Gasteiger partial charge is 0.309 e. The first-order chi connectivity index (χ1) is 10.2. The summed E-state index contributed by atoms with van der Waals surface area (Å²) in [6, 6.07) is 20.1. The molecule has 0 heterocycles. The fourth-order valence-electron chi connectivity index (χ4n) is 2.14. The Kier molecular flexibility index (Phi) is 7.58. The van der Waals surface area contributed by atoms with E-state index in [1.165, 1.54) is 0 Å². The van der Waals surface area contributed by atoms with Gasteiger partial charge in [-0.2, -0.15) is 0 Å². The van der Waals surface area contributed by atoms with Gasteiger partial charge in [-0.15, -0.1) is 12.4 Å². The molecule has 3 heteroatoms. The second-order valence-electron chi connectivity index (χ2n) is 5.31. The van der Waals surface area contributed by atoms with Crippen molar-refractivity contribution in [3.63, 3.8) is 0 Å². The second kappa shape index (κ2) is 9.19. The van der Waals surface area contributed by atoms with Crippen LogP contribution in [0.25, 0.3) is 5.57 Å². The van der Waals surface area contributed by atoms with Crippen molar-refractivity contribution in [2.45, 2.75) is 6.42 Å². The smallest absolute Gasteiger partial charge is 0.157 e. The van der Waals surface area contributed by atoms with Crippen LogP contribution in [-0.4, -0.2) is 31.3 Å². The lowest BCUT2D eigenvalue weighted by atomic mass is 9.96. The number of allylic oxidation sites excluding steroid dienone is 1. The highest BCUT2D eigenvalue weighted by molar-refractivity contribution is 6.00. The normalized spacial score (nSPS) is 9.95. The van der Waals surface area contributed by atoms with Gasteiger partial charge in [0.1, 0.15) is 0 Å². The van der Waals surface area contributed by atoms with Crippen LogP contribution in [0.2, 0.25) is 0 Å². The van der Waals surface area contributed by atoms with Crippen molar-refractivity contribution in [3.05, 3.63) is 77.9 Å². The first-order valence-electron chi connectivity index (χ1n) is 7.17. The molecule has 0 aromatic heterocycles. The van der Waals surface area contributed by atoms with Crippen LogP contribution in [0.15, 0.2) is 66.7 Å². The Labute approximate surface area is 138 Å². The molecule has 116 valence electrons. The van der Waals surface area contributed by atoms with Gasteiger partial charge in [-0.3, -0.25) is 4.79 Å². The van der Waals surface area contributed by atoms with E-state index in [4.69, 9.17) is 0 Å². The first kappa shape index (κ1) is 18.1. The molecule has 0 saturated carbocycles. The molecule has 0 aliphatic carbocycles. The first-order valence-corrected chi connectivity index (χ1v) is 7.17. The van der Waals surface area contributed by atoms with Crippen LogP contribution < -0.4 is 0 Å². The van der Waals surface area contributed by atoms with Gasteiger partial charge >= 0.3 is 0 Å². The molecule has 0 N–H and O–H groups in total. The van der Waals surface area contributed by atoms with E-state index in [0.717, 1.165) is 23.2 Å².